The number of piperidine rings is 1. The molecular formula is C18H29N3O4. The predicted molar refractivity (Wildman–Crippen MR) is 91.6 cm³/mol. The first-order chi connectivity index (χ1) is 12.1. The van der Waals surface area contributed by atoms with Gasteiger partial charge in [0, 0.05) is 19.1 Å². The molecule has 1 saturated carbocycles. The van der Waals surface area contributed by atoms with Gasteiger partial charge in [0.2, 0.25) is 5.91 Å². The van der Waals surface area contributed by atoms with E-state index in [-0.39, 0.29) is 36.0 Å². The van der Waals surface area contributed by atoms with Gasteiger partial charge in [-0.25, -0.2) is 4.79 Å². The van der Waals surface area contributed by atoms with Gasteiger partial charge in [0.15, 0.2) is 0 Å². The van der Waals surface area contributed by atoms with E-state index in [4.69, 9.17) is 4.74 Å². The molecule has 0 bridgehead atoms. The molecule has 2 heterocycles. The zero-order valence-electron chi connectivity index (χ0n) is 15.0. The minimum absolute atomic E-state index is 0.0619. The topological polar surface area (TPSA) is 79.0 Å². The average Bonchev–Trinajstić information content (AvgIpc) is 2.62. The highest BCUT2D eigenvalue weighted by Crippen LogP contribution is 2.27. The van der Waals surface area contributed by atoms with Crippen molar-refractivity contribution in [2.45, 2.75) is 70.5 Å². The fourth-order valence-corrected chi connectivity index (χ4v) is 4.28. The van der Waals surface area contributed by atoms with E-state index in [0.717, 1.165) is 25.7 Å². The lowest BCUT2D eigenvalue weighted by Gasteiger charge is -2.43. The van der Waals surface area contributed by atoms with Gasteiger partial charge in [-0.15, -0.1) is 0 Å². The van der Waals surface area contributed by atoms with Crippen LogP contribution in [0.1, 0.15) is 58.3 Å². The van der Waals surface area contributed by atoms with Gasteiger partial charge in [-0.05, 0) is 32.6 Å². The number of imide groups is 1. The van der Waals surface area contributed by atoms with Gasteiger partial charge in [0.05, 0.1) is 25.1 Å². The second kappa shape index (κ2) is 8.17. The number of hydrogen-bond acceptors (Lipinski definition) is 5. The van der Waals surface area contributed by atoms with Gasteiger partial charge in [-0.2, -0.15) is 0 Å². The molecule has 25 heavy (non-hydrogen) atoms. The van der Waals surface area contributed by atoms with Gasteiger partial charge >= 0.3 is 12.0 Å². The van der Waals surface area contributed by atoms with E-state index in [9.17, 15) is 14.4 Å². The Labute approximate surface area is 149 Å². The van der Waals surface area contributed by atoms with E-state index in [1.165, 1.54) is 11.3 Å². The highest BCUT2D eigenvalue weighted by Gasteiger charge is 2.40. The first-order valence-electron chi connectivity index (χ1n) is 9.63. The van der Waals surface area contributed by atoms with E-state index in [2.05, 4.69) is 10.2 Å². The van der Waals surface area contributed by atoms with Crippen LogP contribution in [0.4, 0.5) is 4.79 Å². The van der Waals surface area contributed by atoms with Gasteiger partial charge in [-0.3, -0.25) is 19.4 Å². The van der Waals surface area contributed by atoms with E-state index < -0.39 is 0 Å². The normalized spacial score (nSPS) is 27.2. The Kier molecular flexibility index (Phi) is 5.93. The minimum Gasteiger partial charge on any atom is -0.466 e. The van der Waals surface area contributed by atoms with E-state index >= 15 is 0 Å². The van der Waals surface area contributed by atoms with Crippen molar-refractivity contribution in [2.24, 2.45) is 5.92 Å². The summed E-state index contributed by atoms with van der Waals surface area (Å²) in [7, 11) is 0. The Morgan fingerprint density at radius 1 is 1.12 bits per heavy atom. The smallest absolute Gasteiger partial charge is 0.325 e. The van der Waals surface area contributed by atoms with Crippen molar-refractivity contribution in [3.63, 3.8) is 0 Å². The van der Waals surface area contributed by atoms with Gasteiger partial charge in [0.1, 0.15) is 0 Å². The Balaban J connectivity index is 1.53. The summed E-state index contributed by atoms with van der Waals surface area (Å²) in [5, 5.41) is 3.01. The number of hydrogen-bond donors (Lipinski definition) is 1. The van der Waals surface area contributed by atoms with E-state index in [1.807, 2.05) is 6.92 Å². The number of urea groups is 1. The van der Waals surface area contributed by atoms with Crippen LogP contribution in [0.25, 0.3) is 0 Å². The van der Waals surface area contributed by atoms with Crippen LogP contribution >= 0.6 is 0 Å². The molecule has 0 spiro atoms. The number of esters is 1. The van der Waals surface area contributed by atoms with Crippen molar-refractivity contribution < 1.29 is 19.1 Å². The fraction of sp³-hybridized carbons (Fsp3) is 0.833. The van der Waals surface area contributed by atoms with Crippen LogP contribution in [0, 0.1) is 5.92 Å². The summed E-state index contributed by atoms with van der Waals surface area (Å²) < 4.78 is 5.09. The minimum atomic E-state index is -0.249. The Bertz CT molecular complexity index is 492. The molecule has 1 atom stereocenters. The van der Waals surface area contributed by atoms with Crippen LogP contribution in [-0.4, -0.2) is 59.6 Å². The number of amides is 3. The van der Waals surface area contributed by atoms with Crippen molar-refractivity contribution in [1.29, 1.82) is 0 Å². The standard InChI is InChI=1S/C18H29N3O4/c1-2-25-17(23)13-8-10-20(11-9-13)15-12-16(22)21(18(24)19-15)14-6-4-3-5-7-14/h13-15H,2-12H2,1H3,(H,19,24). The molecule has 0 aromatic rings. The van der Waals surface area contributed by atoms with Crippen LogP contribution in [0.2, 0.25) is 0 Å². The Morgan fingerprint density at radius 3 is 2.40 bits per heavy atom. The number of nitrogens with one attached hydrogen (secondary N) is 1. The summed E-state index contributed by atoms with van der Waals surface area (Å²) in [6.07, 6.45) is 6.73. The molecular weight excluding hydrogens is 322 g/mol. The van der Waals surface area contributed by atoms with Gasteiger partial charge < -0.3 is 10.1 Å². The fourth-order valence-electron chi connectivity index (χ4n) is 4.28. The Hall–Kier alpha value is -1.63. The first kappa shape index (κ1) is 18.2. The molecule has 2 aliphatic heterocycles. The maximum atomic E-state index is 12.6. The highest BCUT2D eigenvalue weighted by atomic mass is 16.5. The molecule has 1 aliphatic carbocycles. The number of likely N-dealkylation sites (tertiary alicyclic amines) is 1. The third-order valence-electron chi connectivity index (χ3n) is 5.68. The largest absolute Gasteiger partial charge is 0.466 e. The van der Waals surface area contributed by atoms with Crippen LogP contribution < -0.4 is 5.32 Å². The zero-order valence-corrected chi connectivity index (χ0v) is 15.0. The van der Waals surface area contributed by atoms with Crippen LogP contribution in [-0.2, 0) is 14.3 Å². The summed E-state index contributed by atoms with van der Waals surface area (Å²) in [5.41, 5.74) is 0. The molecule has 0 aromatic carbocycles. The molecule has 3 amide bonds. The zero-order chi connectivity index (χ0) is 17.8. The van der Waals surface area contributed by atoms with Gasteiger partial charge in [-0.1, -0.05) is 19.3 Å². The van der Waals surface area contributed by atoms with Crippen LogP contribution in [0.15, 0.2) is 0 Å². The number of carbonyl (C=O) groups excluding carboxylic acids is 3. The summed E-state index contributed by atoms with van der Waals surface area (Å²) in [6, 6.07) is -0.183. The lowest BCUT2D eigenvalue weighted by Crippen LogP contribution is -2.63. The van der Waals surface area contributed by atoms with Crippen molar-refractivity contribution in [3.05, 3.63) is 0 Å². The second-order valence-electron chi connectivity index (χ2n) is 7.29. The first-order valence-corrected chi connectivity index (χ1v) is 9.63. The molecule has 1 N–H and O–H groups in total. The predicted octanol–water partition coefficient (Wildman–Crippen LogP) is 1.86. The van der Waals surface area contributed by atoms with Crippen molar-refractivity contribution in [3.8, 4) is 0 Å². The highest BCUT2D eigenvalue weighted by molar-refractivity contribution is 5.97. The molecule has 7 nitrogen and oxygen atoms in total. The number of rotatable bonds is 4. The molecule has 0 aromatic heterocycles. The number of carbonyl (C=O) groups is 3. The summed E-state index contributed by atoms with van der Waals surface area (Å²) in [6.45, 7) is 3.62. The number of nitrogens with zero attached hydrogens (tertiary/aromatic N) is 2. The summed E-state index contributed by atoms with van der Waals surface area (Å²) in [4.78, 5) is 40.5. The summed E-state index contributed by atoms with van der Waals surface area (Å²) >= 11 is 0. The Morgan fingerprint density at radius 2 is 1.80 bits per heavy atom. The molecule has 1 unspecified atom stereocenters. The monoisotopic (exact) mass is 351 g/mol. The molecule has 3 fully saturated rings. The molecule has 2 saturated heterocycles. The molecule has 3 rings (SSSR count). The van der Waals surface area contributed by atoms with Crippen molar-refractivity contribution >= 4 is 17.9 Å². The van der Waals surface area contributed by atoms with Crippen molar-refractivity contribution in [2.75, 3.05) is 19.7 Å². The van der Waals surface area contributed by atoms with Crippen molar-refractivity contribution in [1.82, 2.24) is 15.1 Å². The lowest BCUT2D eigenvalue weighted by molar-refractivity contribution is -0.150. The molecule has 3 aliphatic rings. The second-order valence-corrected chi connectivity index (χ2v) is 7.29. The van der Waals surface area contributed by atoms with E-state index in [1.54, 1.807) is 0 Å². The van der Waals surface area contributed by atoms with Crippen LogP contribution in [0.3, 0.4) is 0 Å². The van der Waals surface area contributed by atoms with E-state index in [0.29, 0.717) is 39.0 Å². The number of ether oxygens (including phenoxy) is 1. The lowest BCUT2D eigenvalue weighted by atomic mass is 9.93. The summed E-state index contributed by atoms with van der Waals surface area (Å²) in [5.74, 6) is -0.257. The average molecular weight is 351 g/mol. The molecule has 140 valence electrons. The van der Waals surface area contributed by atoms with Gasteiger partial charge in [0.25, 0.3) is 0 Å². The molecule has 7 heteroatoms. The maximum Gasteiger partial charge on any atom is 0.325 e. The van der Waals surface area contributed by atoms with Crippen LogP contribution in [0.5, 0.6) is 0 Å². The maximum absolute atomic E-state index is 12.6. The third-order valence-corrected chi connectivity index (χ3v) is 5.68. The third kappa shape index (κ3) is 4.14. The SMILES string of the molecule is CCOC(=O)C1CCN(C2CC(=O)N(C3CCCCC3)C(=O)N2)CC1. The molecule has 0 radical (unpaired) electrons. The quantitative estimate of drug-likeness (QED) is 0.782.